The third-order valence-electron chi connectivity index (χ3n) is 6.05. The van der Waals surface area contributed by atoms with E-state index in [1.54, 1.807) is 0 Å². The Labute approximate surface area is 267 Å². The first kappa shape index (κ1) is 41.0. The minimum atomic E-state index is -1.09. The van der Waals surface area contributed by atoms with Gasteiger partial charge in [0.1, 0.15) is 24.2 Å². The lowest BCUT2D eigenvalue weighted by atomic mass is 10.0. The van der Waals surface area contributed by atoms with E-state index in [1.807, 2.05) is 27.7 Å². The molecule has 0 heterocycles. The number of thioether (sulfide) groups is 2. The zero-order valence-corrected chi connectivity index (χ0v) is 27.8. The van der Waals surface area contributed by atoms with Gasteiger partial charge in [-0.1, -0.05) is 27.7 Å². The number of hydrogen-bond donors (Lipinski definition) is 7. The first-order valence-electron chi connectivity index (χ1n) is 14.6. The summed E-state index contributed by atoms with van der Waals surface area (Å²) in [6, 6.07) is -4.06. The predicted octanol–water partition coefficient (Wildman–Crippen LogP) is 0.719. The fraction of sp³-hybridized carbons (Fsp3) is 0.750. The number of primary amides is 1. The van der Waals surface area contributed by atoms with Crippen LogP contribution >= 0.6 is 23.5 Å². The molecule has 0 aromatic rings. The van der Waals surface area contributed by atoms with Crippen LogP contribution in [0.2, 0.25) is 0 Å². The van der Waals surface area contributed by atoms with Crippen LogP contribution in [0.15, 0.2) is 0 Å². The number of carboxylic acid groups (broad SMARTS) is 2. The summed E-state index contributed by atoms with van der Waals surface area (Å²) >= 11 is 2.35. The fourth-order valence-electron chi connectivity index (χ4n) is 4.12. The van der Waals surface area contributed by atoms with Crippen LogP contribution < -0.4 is 27.0 Å². The van der Waals surface area contributed by atoms with Gasteiger partial charge in [0.15, 0.2) is 0 Å². The molecule has 14 nitrogen and oxygen atoms in total. The topological polar surface area (TPSA) is 234 Å². The zero-order valence-electron chi connectivity index (χ0n) is 26.2. The summed E-state index contributed by atoms with van der Waals surface area (Å²) in [7, 11) is 0. The molecule has 0 aliphatic heterocycles. The molecule has 0 unspecified atom stereocenters. The van der Waals surface area contributed by atoms with Crippen LogP contribution in [0.25, 0.3) is 0 Å². The van der Waals surface area contributed by atoms with Gasteiger partial charge in [0.25, 0.3) is 0 Å². The Morgan fingerprint density at radius 2 is 0.977 bits per heavy atom. The van der Waals surface area contributed by atoms with Gasteiger partial charge in [0, 0.05) is 6.92 Å². The van der Waals surface area contributed by atoms with Gasteiger partial charge in [-0.2, -0.15) is 23.5 Å². The van der Waals surface area contributed by atoms with Gasteiger partial charge in [-0.05, 0) is 61.9 Å². The van der Waals surface area contributed by atoms with Crippen molar-refractivity contribution in [3.05, 3.63) is 0 Å². The molecule has 8 N–H and O–H groups in total. The Bertz CT molecular complexity index is 981. The zero-order chi connectivity index (χ0) is 33.8. The summed E-state index contributed by atoms with van der Waals surface area (Å²) in [5, 5.41) is 28.2. The Balaban J connectivity index is 5.76. The Kier molecular flexibility index (Phi) is 21.0. The summed E-state index contributed by atoms with van der Waals surface area (Å²) in [5.74, 6) is -4.28. The Morgan fingerprint density at radius 3 is 1.36 bits per heavy atom. The molecule has 0 saturated carbocycles. The van der Waals surface area contributed by atoms with E-state index in [2.05, 4.69) is 21.3 Å². The van der Waals surface area contributed by atoms with Gasteiger partial charge in [-0.3, -0.25) is 33.6 Å². The van der Waals surface area contributed by atoms with Crippen LogP contribution in [0.5, 0.6) is 0 Å². The van der Waals surface area contributed by atoms with Crippen molar-refractivity contribution in [2.24, 2.45) is 17.6 Å². The van der Waals surface area contributed by atoms with Crippen molar-refractivity contribution >= 4 is 65.0 Å². The molecular formula is C28H49N5O9S2. The van der Waals surface area contributed by atoms with Crippen molar-refractivity contribution in [1.82, 2.24) is 21.3 Å². The maximum absolute atomic E-state index is 13.5. The SMILES string of the molecule is CC(=O)N[C@@H](CCCSCC(=O)O)C(=O)N[C@@H](CC(C)C)C(=O)N[C@@H](CCCSCC(=O)O)C(=O)N[C@@H](CC(C)C)C(N)=O. The third kappa shape index (κ3) is 20.0. The number of carbonyl (C=O) groups is 7. The summed E-state index contributed by atoms with van der Waals surface area (Å²) in [5.41, 5.74) is 5.48. The highest BCUT2D eigenvalue weighted by atomic mass is 32.2. The van der Waals surface area contributed by atoms with E-state index < -0.39 is 65.6 Å². The van der Waals surface area contributed by atoms with E-state index in [4.69, 9.17) is 15.9 Å². The highest BCUT2D eigenvalue weighted by molar-refractivity contribution is 8.00. The van der Waals surface area contributed by atoms with Crippen molar-refractivity contribution in [3.63, 3.8) is 0 Å². The molecule has 0 rings (SSSR count). The van der Waals surface area contributed by atoms with Crippen molar-refractivity contribution < 1.29 is 43.8 Å². The van der Waals surface area contributed by atoms with Crippen molar-refractivity contribution in [1.29, 1.82) is 0 Å². The van der Waals surface area contributed by atoms with E-state index in [9.17, 15) is 33.6 Å². The van der Waals surface area contributed by atoms with Crippen LogP contribution in [-0.4, -0.2) is 98.9 Å². The summed E-state index contributed by atoms with van der Waals surface area (Å²) in [6.45, 7) is 8.69. The van der Waals surface area contributed by atoms with Gasteiger partial charge in [-0.15, -0.1) is 0 Å². The summed E-state index contributed by atoms with van der Waals surface area (Å²) in [4.78, 5) is 85.2. The fourth-order valence-corrected chi connectivity index (χ4v) is 5.50. The highest BCUT2D eigenvalue weighted by Crippen LogP contribution is 2.12. The average Bonchev–Trinajstić information content (AvgIpc) is 2.89. The monoisotopic (exact) mass is 663 g/mol. The Morgan fingerprint density at radius 1 is 0.614 bits per heavy atom. The molecule has 0 spiro atoms. The largest absolute Gasteiger partial charge is 0.481 e. The molecule has 0 aromatic carbocycles. The minimum Gasteiger partial charge on any atom is -0.481 e. The number of aliphatic carboxylic acids is 2. The standard InChI is InChI=1S/C28H49N5O9S2/c1-16(2)12-21(25(29)39)32-27(41)20(9-7-11-44-15-24(37)38)31-28(42)22(13-17(3)4)33-26(40)19(30-18(5)34)8-6-10-43-14-23(35)36/h16-17,19-22H,6-15H2,1-5H3,(H2,29,39)(H,30,34)(H,31,42)(H,32,41)(H,33,40)(H,35,36)(H,37,38)/t19-,20-,21-,22-/m0/s1. The van der Waals surface area contributed by atoms with Crippen molar-refractivity contribution in [3.8, 4) is 0 Å². The predicted molar refractivity (Wildman–Crippen MR) is 170 cm³/mol. The van der Waals surface area contributed by atoms with Crippen LogP contribution in [0.4, 0.5) is 0 Å². The number of rotatable bonds is 24. The van der Waals surface area contributed by atoms with Crippen LogP contribution in [0.1, 0.15) is 73.1 Å². The normalized spacial score (nSPS) is 13.8. The molecule has 0 bridgehead atoms. The number of nitrogens with one attached hydrogen (secondary N) is 4. The summed E-state index contributed by atoms with van der Waals surface area (Å²) in [6.07, 6.45) is 1.70. The first-order chi connectivity index (χ1) is 20.5. The lowest BCUT2D eigenvalue weighted by molar-refractivity contribution is -0.134. The maximum atomic E-state index is 13.5. The number of carboxylic acids is 2. The lowest BCUT2D eigenvalue weighted by Crippen LogP contribution is -2.58. The molecule has 0 saturated heterocycles. The van der Waals surface area contributed by atoms with E-state index in [0.717, 1.165) is 11.8 Å². The van der Waals surface area contributed by atoms with Gasteiger partial charge in [0.05, 0.1) is 11.5 Å². The second-order valence-corrected chi connectivity index (χ2v) is 13.5. The van der Waals surface area contributed by atoms with Crippen LogP contribution in [-0.2, 0) is 33.6 Å². The molecule has 252 valence electrons. The molecular weight excluding hydrogens is 614 g/mol. The van der Waals surface area contributed by atoms with Gasteiger partial charge in [0.2, 0.25) is 29.5 Å². The lowest BCUT2D eigenvalue weighted by Gasteiger charge is -2.27. The smallest absolute Gasteiger partial charge is 0.313 e. The van der Waals surface area contributed by atoms with Crippen molar-refractivity contribution in [2.45, 2.75) is 97.3 Å². The van der Waals surface area contributed by atoms with Gasteiger partial charge >= 0.3 is 11.9 Å². The minimum absolute atomic E-state index is 0.0392. The van der Waals surface area contributed by atoms with Crippen molar-refractivity contribution in [2.75, 3.05) is 23.0 Å². The molecule has 16 heteroatoms. The van der Waals surface area contributed by atoms with E-state index >= 15 is 0 Å². The second kappa shape index (κ2) is 22.5. The second-order valence-electron chi connectivity index (χ2n) is 11.3. The molecule has 44 heavy (non-hydrogen) atoms. The molecule has 0 aliphatic carbocycles. The van der Waals surface area contributed by atoms with Gasteiger partial charge in [-0.25, -0.2) is 0 Å². The van der Waals surface area contributed by atoms with Crippen LogP contribution in [0.3, 0.4) is 0 Å². The summed E-state index contributed by atoms with van der Waals surface area (Å²) < 4.78 is 0. The molecule has 4 atom stereocenters. The van der Waals surface area contributed by atoms with E-state index in [1.165, 1.54) is 18.7 Å². The van der Waals surface area contributed by atoms with Crippen LogP contribution in [0, 0.1) is 11.8 Å². The van der Waals surface area contributed by atoms with E-state index in [-0.39, 0.29) is 42.6 Å². The molecule has 0 fully saturated rings. The number of hydrogen-bond acceptors (Lipinski definition) is 9. The number of nitrogens with two attached hydrogens (primary N) is 1. The molecule has 0 aromatic heterocycles. The molecule has 0 aliphatic rings. The first-order valence-corrected chi connectivity index (χ1v) is 16.9. The Hall–Kier alpha value is -3.01. The molecule has 0 radical (unpaired) electrons. The number of amides is 5. The third-order valence-corrected chi connectivity index (χ3v) is 8.10. The average molecular weight is 664 g/mol. The highest BCUT2D eigenvalue weighted by Gasteiger charge is 2.31. The molecule has 5 amide bonds. The maximum Gasteiger partial charge on any atom is 0.313 e. The quantitative estimate of drug-likeness (QED) is 0.0711. The van der Waals surface area contributed by atoms with Gasteiger partial charge < -0.3 is 37.2 Å². The van der Waals surface area contributed by atoms with E-state index in [0.29, 0.717) is 30.8 Å². The number of carbonyl (C=O) groups excluding carboxylic acids is 5.